The van der Waals surface area contributed by atoms with Gasteiger partial charge in [0.15, 0.2) is 0 Å². The molecule has 20 heavy (non-hydrogen) atoms. The molecule has 0 saturated carbocycles. The summed E-state index contributed by atoms with van der Waals surface area (Å²) in [6, 6.07) is 0. The zero-order valence-corrected chi connectivity index (χ0v) is 13.8. The van der Waals surface area contributed by atoms with E-state index >= 15 is 0 Å². The minimum absolute atomic E-state index is 0.642. The lowest BCUT2D eigenvalue weighted by molar-refractivity contribution is 0.545. The molecule has 0 amide bonds. The van der Waals surface area contributed by atoms with Crippen LogP contribution in [0.25, 0.3) is 0 Å². The molecule has 0 heterocycles. The van der Waals surface area contributed by atoms with Crippen LogP contribution in [0.3, 0.4) is 0 Å². The van der Waals surface area contributed by atoms with E-state index in [0.717, 1.165) is 0 Å². The first-order chi connectivity index (χ1) is 9.91. The zero-order valence-electron chi connectivity index (χ0n) is 13.8. The Hall–Kier alpha value is -0.560. The maximum Gasteiger partial charge on any atom is 0.0109 e. The van der Waals surface area contributed by atoms with Crippen LogP contribution in [0.2, 0.25) is 0 Å². The fraction of sp³-hybridized carbons (Fsp3) is 0.789. The molecular formula is C19H37N. The second-order valence-corrected chi connectivity index (χ2v) is 5.77. The fourth-order valence-electron chi connectivity index (χ4n) is 2.44. The van der Waals surface area contributed by atoms with Crippen molar-refractivity contribution in [3.05, 3.63) is 24.3 Å². The SMILES string of the molecule is CCCCCCCCCCCCCCC=CC=CCN. The van der Waals surface area contributed by atoms with Crippen molar-refractivity contribution in [2.45, 2.75) is 90.4 Å². The van der Waals surface area contributed by atoms with E-state index in [1.54, 1.807) is 0 Å². The molecule has 0 aromatic carbocycles. The Balaban J connectivity index is 3.02. The molecule has 0 unspecified atom stereocenters. The first-order valence-electron chi connectivity index (χ1n) is 8.93. The molecular weight excluding hydrogens is 242 g/mol. The average molecular weight is 280 g/mol. The van der Waals surface area contributed by atoms with Gasteiger partial charge < -0.3 is 5.73 Å². The van der Waals surface area contributed by atoms with Gasteiger partial charge in [0.1, 0.15) is 0 Å². The number of nitrogens with two attached hydrogens (primary N) is 1. The predicted octanol–water partition coefficient (Wildman–Crippen LogP) is 6.15. The summed E-state index contributed by atoms with van der Waals surface area (Å²) < 4.78 is 0. The standard InChI is InChI=1S/C19H37N/c1-2-3-4-5-6-7-8-9-10-11-12-13-14-15-16-17-18-19-20/h15-18H,2-14,19-20H2,1H3. The van der Waals surface area contributed by atoms with E-state index in [9.17, 15) is 0 Å². The second kappa shape index (κ2) is 18.4. The van der Waals surface area contributed by atoms with Crippen LogP contribution < -0.4 is 5.73 Å². The lowest BCUT2D eigenvalue weighted by Gasteiger charge is -2.02. The number of rotatable bonds is 15. The molecule has 0 saturated heterocycles. The Morgan fingerprint density at radius 1 is 0.600 bits per heavy atom. The topological polar surface area (TPSA) is 26.0 Å². The summed E-state index contributed by atoms with van der Waals surface area (Å²) in [6.07, 6.45) is 26.7. The minimum Gasteiger partial charge on any atom is -0.327 e. The quantitative estimate of drug-likeness (QED) is 0.282. The van der Waals surface area contributed by atoms with Crippen LogP contribution in [-0.2, 0) is 0 Å². The van der Waals surface area contributed by atoms with Gasteiger partial charge in [-0.1, -0.05) is 102 Å². The molecule has 0 aliphatic carbocycles. The van der Waals surface area contributed by atoms with Crippen molar-refractivity contribution < 1.29 is 0 Å². The Morgan fingerprint density at radius 2 is 1.05 bits per heavy atom. The molecule has 1 nitrogen and oxygen atoms in total. The van der Waals surface area contributed by atoms with Crippen molar-refractivity contribution in [1.82, 2.24) is 0 Å². The highest BCUT2D eigenvalue weighted by Gasteiger charge is 1.92. The van der Waals surface area contributed by atoms with Crippen molar-refractivity contribution in [2.75, 3.05) is 6.54 Å². The summed E-state index contributed by atoms with van der Waals surface area (Å²) in [7, 11) is 0. The summed E-state index contributed by atoms with van der Waals surface area (Å²) in [6.45, 7) is 2.93. The van der Waals surface area contributed by atoms with Crippen LogP contribution in [0.4, 0.5) is 0 Å². The van der Waals surface area contributed by atoms with Crippen LogP contribution in [0.5, 0.6) is 0 Å². The van der Waals surface area contributed by atoms with Gasteiger partial charge in [0.25, 0.3) is 0 Å². The molecule has 0 aromatic rings. The average Bonchev–Trinajstić information content (AvgIpc) is 2.47. The van der Waals surface area contributed by atoms with Gasteiger partial charge in [0.05, 0.1) is 0 Å². The molecule has 0 atom stereocenters. The van der Waals surface area contributed by atoms with Gasteiger partial charge >= 0.3 is 0 Å². The normalized spacial score (nSPS) is 11.9. The Bertz CT molecular complexity index is 218. The molecule has 2 N–H and O–H groups in total. The maximum atomic E-state index is 5.37. The number of unbranched alkanes of at least 4 members (excludes halogenated alkanes) is 12. The van der Waals surface area contributed by atoms with Crippen molar-refractivity contribution in [1.29, 1.82) is 0 Å². The van der Waals surface area contributed by atoms with Crippen molar-refractivity contribution in [3.8, 4) is 0 Å². The number of hydrogen-bond acceptors (Lipinski definition) is 1. The van der Waals surface area contributed by atoms with Crippen LogP contribution in [0.15, 0.2) is 24.3 Å². The van der Waals surface area contributed by atoms with E-state index in [0.29, 0.717) is 6.54 Å². The summed E-state index contributed by atoms with van der Waals surface area (Å²) >= 11 is 0. The minimum atomic E-state index is 0.642. The van der Waals surface area contributed by atoms with E-state index in [-0.39, 0.29) is 0 Å². The Morgan fingerprint density at radius 3 is 1.55 bits per heavy atom. The van der Waals surface area contributed by atoms with E-state index in [2.05, 4.69) is 19.1 Å². The summed E-state index contributed by atoms with van der Waals surface area (Å²) in [5.74, 6) is 0. The molecule has 0 bridgehead atoms. The number of allylic oxidation sites excluding steroid dienone is 3. The Kier molecular flexibility index (Phi) is 17.9. The van der Waals surface area contributed by atoms with E-state index in [1.807, 2.05) is 12.2 Å². The monoisotopic (exact) mass is 279 g/mol. The molecule has 0 aliphatic heterocycles. The third-order valence-electron chi connectivity index (χ3n) is 3.74. The molecule has 0 radical (unpaired) electrons. The van der Waals surface area contributed by atoms with Gasteiger partial charge in [-0.3, -0.25) is 0 Å². The van der Waals surface area contributed by atoms with Crippen LogP contribution >= 0.6 is 0 Å². The summed E-state index contributed by atoms with van der Waals surface area (Å²) in [5, 5.41) is 0. The van der Waals surface area contributed by atoms with Gasteiger partial charge in [-0.25, -0.2) is 0 Å². The van der Waals surface area contributed by atoms with Crippen LogP contribution in [-0.4, -0.2) is 6.54 Å². The third-order valence-corrected chi connectivity index (χ3v) is 3.74. The van der Waals surface area contributed by atoms with E-state index < -0.39 is 0 Å². The second-order valence-electron chi connectivity index (χ2n) is 5.77. The molecule has 118 valence electrons. The highest BCUT2D eigenvalue weighted by Crippen LogP contribution is 2.12. The van der Waals surface area contributed by atoms with Crippen LogP contribution in [0, 0.1) is 0 Å². The highest BCUT2D eigenvalue weighted by atomic mass is 14.5. The lowest BCUT2D eigenvalue weighted by atomic mass is 10.0. The molecule has 0 aromatic heterocycles. The van der Waals surface area contributed by atoms with Gasteiger partial charge in [-0.2, -0.15) is 0 Å². The lowest BCUT2D eigenvalue weighted by Crippen LogP contribution is -1.91. The summed E-state index contributed by atoms with van der Waals surface area (Å²) in [4.78, 5) is 0. The van der Waals surface area contributed by atoms with Gasteiger partial charge in [-0.05, 0) is 12.8 Å². The van der Waals surface area contributed by atoms with E-state index in [4.69, 9.17) is 5.73 Å². The first kappa shape index (κ1) is 19.4. The molecule has 0 fully saturated rings. The van der Waals surface area contributed by atoms with E-state index in [1.165, 1.54) is 83.5 Å². The van der Waals surface area contributed by atoms with Crippen LogP contribution in [0.1, 0.15) is 90.4 Å². The smallest absolute Gasteiger partial charge is 0.0109 e. The van der Waals surface area contributed by atoms with Gasteiger partial charge in [0.2, 0.25) is 0 Å². The third kappa shape index (κ3) is 17.4. The zero-order chi connectivity index (χ0) is 14.7. The first-order valence-corrected chi connectivity index (χ1v) is 8.93. The van der Waals surface area contributed by atoms with Gasteiger partial charge in [0, 0.05) is 6.54 Å². The highest BCUT2D eigenvalue weighted by molar-refractivity contribution is 5.02. The Labute approximate surface area is 127 Å². The fourth-order valence-corrected chi connectivity index (χ4v) is 2.44. The molecule has 0 spiro atoms. The predicted molar refractivity (Wildman–Crippen MR) is 93.0 cm³/mol. The molecule has 0 aliphatic rings. The van der Waals surface area contributed by atoms with Crippen molar-refractivity contribution >= 4 is 0 Å². The maximum absolute atomic E-state index is 5.37. The molecule has 0 rings (SSSR count). The number of hydrogen-bond donors (Lipinski definition) is 1. The largest absolute Gasteiger partial charge is 0.327 e. The van der Waals surface area contributed by atoms with Crippen molar-refractivity contribution in [2.24, 2.45) is 5.73 Å². The summed E-state index contributed by atoms with van der Waals surface area (Å²) in [5.41, 5.74) is 5.37. The van der Waals surface area contributed by atoms with Gasteiger partial charge in [-0.15, -0.1) is 0 Å². The van der Waals surface area contributed by atoms with Crippen molar-refractivity contribution in [3.63, 3.8) is 0 Å². The molecule has 1 heteroatoms.